The minimum atomic E-state index is -3.63. The molecule has 1 fully saturated rings. The lowest BCUT2D eigenvalue weighted by atomic mass is 9.99. The molecule has 12 heteroatoms. The summed E-state index contributed by atoms with van der Waals surface area (Å²) in [5, 5.41) is 21.9. The van der Waals surface area contributed by atoms with E-state index in [4.69, 9.17) is 9.47 Å². The van der Waals surface area contributed by atoms with Gasteiger partial charge in [0.2, 0.25) is 15.2 Å². The van der Waals surface area contributed by atoms with Crippen molar-refractivity contribution in [1.82, 2.24) is 24.9 Å². The first kappa shape index (κ1) is 31.1. The number of aromatic nitrogens is 4. The smallest absolute Gasteiger partial charge is 0.240 e. The second kappa shape index (κ2) is 14.0. The molecule has 0 bridgehead atoms. The van der Waals surface area contributed by atoms with Crippen LogP contribution in [0, 0.1) is 0 Å². The van der Waals surface area contributed by atoms with E-state index in [9.17, 15) is 13.5 Å². The monoisotopic (exact) mass is 643 g/mol. The molecular weight excluding hydrogens is 611 g/mol. The number of nitrogens with one attached hydrogen (secondary N) is 1. The predicted molar refractivity (Wildman–Crippen MR) is 170 cm³/mol. The molecule has 4 aromatic carbocycles. The molecule has 0 amide bonds. The Morgan fingerprint density at radius 1 is 0.889 bits per heavy atom. The lowest BCUT2D eigenvalue weighted by molar-refractivity contribution is -0.245. The van der Waals surface area contributed by atoms with E-state index in [1.54, 1.807) is 42.1 Å². The van der Waals surface area contributed by atoms with Gasteiger partial charge < -0.3 is 14.6 Å². The lowest BCUT2D eigenvalue weighted by Crippen LogP contribution is -2.31. The van der Waals surface area contributed by atoms with Crippen molar-refractivity contribution in [3.63, 3.8) is 0 Å². The molecule has 1 aliphatic rings. The van der Waals surface area contributed by atoms with E-state index in [0.29, 0.717) is 17.3 Å². The summed E-state index contributed by atoms with van der Waals surface area (Å²) in [7, 11) is -1.82. The Hall–Kier alpha value is -3.91. The van der Waals surface area contributed by atoms with Crippen molar-refractivity contribution in [2.75, 3.05) is 5.75 Å². The Morgan fingerprint density at radius 3 is 2.38 bits per heavy atom. The molecule has 2 heterocycles. The second-order valence-corrected chi connectivity index (χ2v) is 13.5. The van der Waals surface area contributed by atoms with Crippen LogP contribution < -0.4 is 4.72 Å². The van der Waals surface area contributed by atoms with E-state index in [1.165, 1.54) is 11.8 Å². The zero-order valence-electron chi connectivity index (χ0n) is 24.6. The topological polar surface area (TPSA) is 128 Å². The molecular formula is C33H33N5O5S2. The lowest BCUT2D eigenvalue weighted by Gasteiger charge is -2.36. The molecule has 5 aromatic rings. The Balaban J connectivity index is 1.21. The average molecular weight is 644 g/mol. The summed E-state index contributed by atoms with van der Waals surface area (Å²) in [6.45, 7) is 0.145. The number of hydrogen-bond acceptors (Lipinski definition) is 9. The van der Waals surface area contributed by atoms with Crippen molar-refractivity contribution in [2.24, 2.45) is 7.05 Å². The number of hydrogen-bond donors (Lipinski definition) is 2. The van der Waals surface area contributed by atoms with Gasteiger partial charge in [-0.3, -0.25) is 0 Å². The van der Waals surface area contributed by atoms with Crippen LogP contribution in [0.25, 0.3) is 11.1 Å². The van der Waals surface area contributed by atoms with Gasteiger partial charge >= 0.3 is 0 Å². The summed E-state index contributed by atoms with van der Waals surface area (Å²) in [5.41, 5.74) is 5.46. The van der Waals surface area contributed by atoms with Gasteiger partial charge in [-0.1, -0.05) is 90.6 Å². The van der Waals surface area contributed by atoms with Crippen LogP contribution >= 0.6 is 11.8 Å². The van der Waals surface area contributed by atoms with Crippen LogP contribution in [-0.2, 0) is 39.7 Å². The Kier molecular flexibility index (Phi) is 9.69. The van der Waals surface area contributed by atoms with Crippen LogP contribution in [0.4, 0.5) is 0 Å². The highest BCUT2D eigenvalue weighted by atomic mass is 32.2. The average Bonchev–Trinajstić information content (AvgIpc) is 3.51. The van der Waals surface area contributed by atoms with E-state index in [-0.39, 0.29) is 30.3 Å². The number of aliphatic hydroxyl groups is 1. The highest BCUT2D eigenvalue weighted by molar-refractivity contribution is 7.99. The number of ether oxygens (including phenoxy) is 2. The molecule has 232 valence electrons. The van der Waals surface area contributed by atoms with Gasteiger partial charge in [0.1, 0.15) is 0 Å². The molecule has 45 heavy (non-hydrogen) atoms. The third-order valence-corrected chi connectivity index (χ3v) is 10.1. The van der Waals surface area contributed by atoms with E-state index in [2.05, 4.69) is 20.2 Å². The summed E-state index contributed by atoms with van der Waals surface area (Å²) in [4.78, 5) is 0.230. The molecule has 6 rings (SSSR count). The molecule has 0 radical (unpaired) electrons. The molecule has 2 N–H and O–H groups in total. The Bertz CT molecular complexity index is 1830. The first-order valence-corrected chi connectivity index (χ1v) is 16.9. The number of sulfonamides is 1. The van der Waals surface area contributed by atoms with Crippen molar-refractivity contribution < 1.29 is 23.0 Å². The van der Waals surface area contributed by atoms with E-state index >= 15 is 0 Å². The standard InChI is InChI=1S/C33H33N5O5S2/c1-38-33(35-36-37-38)44-22-29-19-31(25-15-13-23(21-39)14-16-25)43-32(42-29)28-10-6-9-27(18-28)26-8-5-7-24(17-26)20-34-45(40,41)30-11-3-2-4-12-30/h2-18,29,31-32,34,39H,19-22H2,1H3. The highest BCUT2D eigenvalue weighted by Gasteiger charge is 2.32. The largest absolute Gasteiger partial charge is 0.392 e. The molecule has 1 aliphatic heterocycles. The minimum absolute atomic E-state index is 0.0184. The van der Waals surface area contributed by atoms with Crippen LogP contribution in [0.3, 0.4) is 0 Å². The molecule has 3 unspecified atom stereocenters. The quantitative estimate of drug-likeness (QED) is 0.187. The van der Waals surface area contributed by atoms with Gasteiger partial charge in [0.15, 0.2) is 6.29 Å². The summed E-state index contributed by atoms with van der Waals surface area (Å²) in [5.74, 6) is 0.639. The van der Waals surface area contributed by atoms with Gasteiger partial charge in [-0.15, -0.1) is 5.10 Å². The number of thioether (sulfide) groups is 1. The fourth-order valence-electron chi connectivity index (χ4n) is 5.12. The minimum Gasteiger partial charge on any atom is -0.392 e. The van der Waals surface area contributed by atoms with Crippen molar-refractivity contribution >= 4 is 21.8 Å². The first-order chi connectivity index (χ1) is 21.9. The van der Waals surface area contributed by atoms with Crippen LogP contribution in [0.1, 0.15) is 41.1 Å². The third-order valence-electron chi connectivity index (χ3n) is 7.53. The highest BCUT2D eigenvalue weighted by Crippen LogP contribution is 2.40. The summed E-state index contributed by atoms with van der Waals surface area (Å²) >= 11 is 1.53. The first-order valence-electron chi connectivity index (χ1n) is 14.5. The fourth-order valence-corrected chi connectivity index (χ4v) is 7.03. The van der Waals surface area contributed by atoms with Gasteiger partial charge in [-0.2, -0.15) is 0 Å². The maximum Gasteiger partial charge on any atom is 0.240 e. The number of benzene rings is 4. The van der Waals surface area contributed by atoms with Crippen molar-refractivity contribution in [1.29, 1.82) is 0 Å². The molecule has 1 aromatic heterocycles. The van der Waals surface area contributed by atoms with Gasteiger partial charge in [0.25, 0.3) is 0 Å². The van der Waals surface area contributed by atoms with Gasteiger partial charge in [-0.25, -0.2) is 17.8 Å². The summed E-state index contributed by atoms with van der Waals surface area (Å²) < 4.78 is 42.8. The maximum atomic E-state index is 12.7. The van der Waals surface area contributed by atoms with E-state index in [0.717, 1.165) is 33.4 Å². The summed E-state index contributed by atoms with van der Waals surface area (Å²) in [6.07, 6.45) is -0.333. The number of tetrazole rings is 1. The van der Waals surface area contributed by atoms with Crippen LogP contribution in [0.15, 0.2) is 113 Å². The van der Waals surface area contributed by atoms with Gasteiger partial charge in [-0.05, 0) is 62.5 Å². The van der Waals surface area contributed by atoms with Crippen molar-refractivity contribution in [3.8, 4) is 11.1 Å². The zero-order chi connectivity index (χ0) is 31.2. The third kappa shape index (κ3) is 7.67. The molecule has 0 saturated carbocycles. The normalized spacial score (nSPS) is 18.6. The van der Waals surface area contributed by atoms with E-state index in [1.807, 2.05) is 72.8 Å². The van der Waals surface area contributed by atoms with Crippen LogP contribution in [-0.4, -0.2) is 45.6 Å². The zero-order valence-corrected chi connectivity index (χ0v) is 26.2. The predicted octanol–water partition coefficient (Wildman–Crippen LogP) is 5.19. The Morgan fingerprint density at radius 2 is 1.64 bits per heavy atom. The molecule has 0 aliphatic carbocycles. The van der Waals surface area contributed by atoms with E-state index < -0.39 is 16.3 Å². The SMILES string of the molecule is Cn1nnnc1SCC1CC(c2ccc(CO)cc2)OC(c2cccc(-c3cccc(CNS(=O)(=O)c4ccccc4)c3)c2)O1. The van der Waals surface area contributed by atoms with Crippen LogP contribution in [0.5, 0.6) is 0 Å². The number of aliphatic hydroxyl groups excluding tert-OH is 1. The maximum absolute atomic E-state index is 12.7. The molecule has 0 spiro atoms. The van der Waals surface area contributed by atoms with Gasteiger partial charge in [0.05, 0.1) is 23.7 Å². The van der Waals surface area contributed by atoms with Crippen molar-refractivity contribution in [3.05, 3.63) is 125 Å². The van der Waals surface area contributed by atoms with Gasteiger partial charge in [0, 0.05) is 31.3 Å². The fraction of sp³-hybridized carbons (Fsp3) is 0.242. The van der Waals surface area contributed by atoms with Crippen molar-refractivity contribution in [2.45, 2.75) is 48.1 Å². The molecule has 10 nitrogen and oxygen atoms in total. The molecule has 3 atom stereocenters. The number of aryl methyl sites for hydroxylation is 1. The number of nitrogens with zero attached hydrogens (tertiary/aromatic N) is 4. The second-order valence-electron chi connectivity index (χ2n) is 10.7. The summed E-state index contributed by atoms with van der Waals surface area (Å²) in [6, 6.07) is 31.9. The molecule has 1 saturated heterocycles. The Labute approximate surface area is 266 Å². The van der Waals surface area contributed by atoms with Crippen LogP contribution in [0.2, 0.25) is 0 Å². The number of rotatable bonds is 11.